The number of carbonyl (C=O) groups excluding carboxylic acids is 1. The highest BCUT2D eigenvalue weighted by Gasteiger charge is 2.25. The number of oxime groups is 1. The Morgan fingerprint density at radius 1 is 1.03 bits per heavy atom. The van der Waals surface area contributed by atoms with Crippen molar-refractivity contribution >= 4 is 23.3 Å². The zero-order chi connectivity index (χ0) is 20.6. The Labute approximate surface area is 167 Å². The minimum Gasteiger partial charge on any atom is -0.481 e. The number of carbonyl (C=O) groups is 2. The van der Waals surface area contributed by atoms with Crippen LogP contribution in [0.1, 0.15) is 24.0 Å². The van der Waals surface area contributed by atoms with Crippen molar-refractivity contribution in [3.63, 3.8) is 0 Å². The molecule has 0 radical (unpaired) electrons. The van der Waals surface area contributed by atoms with Gasteiger partial charge in [-0.05, 0) is 23.3 Å². The van der Waals surface area contributed by atoms with Gasteiger partial charge in [0, 0.05) is 12.1 Å². The van der Waals surface area contributed by atoms with Gasteiger partial charge in [0.2, 0.25) is 12.6 Å². The lowest BCUT2D eigenvalue weighted by Crippen LogP contribution is -2.31. The molecule has 0 saturated carbocycles. The summed E-state index contributed by atoms with van der Waals surface area (Å²) in [5.74, 6) is -1.21. The Kier molecular flexibility index (Phi) is 6.47. The maximum Gasteiger partial charge on any atom is 0.303 e. The van der Waals surface area contributed by atoms with E-state index in [0.29, 0.717) is 17.8 Å². The SMILES string of the molecule is O=C(O)CCC(=NO)c1ccc(N(Cc2ccccc2)C(=O)C2=COCO2)cc1. The summed E-state index contributed by atoms with van der Waals surface area (Å²) in [5.41, 5.74) is 2.37. The van der Waals surface area contributed by atoms with Crippen molar-refractivity contribution in [2.24, 2.45) is 5.16 Å². The quantitative estimate of drug-likeness (QED) is 0.403. The van der Waals surface area contributed by atoms with Gasteiger partial charge in [-0.15, -0.1) is 0 Å². The average Bonchev–Trinajstić information content (AvgIpc) is 3.28. The normalized spacial score (nSPS) is 13.2. The summed E-state index contributed by atoms with van der Waals surface area (Å²) in [5, 5.41) is 21.2. The standard InChI is InChI=1S/C21H20N2O6/c24-20(25)11-10-18(22-27)16-6-8-17(9-7-16)23(12-15-4-2-1-3-5-15)21(26)19-13-28-14-29-19/h1-9,13,27H,10-12,14H2,(H,24,25). The summed E-state index contributed by atoms with van der Waals surface area (Å²) in [6.45, 7) is 0.318. The van der Waals surface area contributed by atoms with Gasteiger partial charge < -0.3 is 24.7 Å². The number of ether oxygens (including phenoxy) is 2. The summed E-state index contributed by atoms with van der Waals surface area (Å²) in [7, 11) is 0. The van der Waals surface area contributed by atoms with E-state index in [1.54, 1.807) is 29.2 Å². The zero-order valence-electron chi connectivity index (χ0n) is 15.5. The fraction of sp³-hybridized carbons (Fsp3) is 0.190. The summed E-state index contributed by atoms with van der Waals surface area (Å²) < 4.78 is 10.2. The van der Waals surface area contributed by atoms with E-state index in [0.717, 1.165) is 5.56 Å². The largest absolute Gasteiger partial charge is 0.481 e. The van der Waals surface area contributed by atoms with Crippen LogP contribution in [0, 0.1) is 0 Å². The third-order valence-corrected chi connectivity index (χ3v) is 4.32. The van der Waals surface area contributed by atoms with Crippen molar-refractivity contribution in [1.29, 1.82) is 0 Å². The van der Waals surface area contributed by atoms with Gasteiger partial charge in [0.15, 0.2) is 0 Å². The molecule has 1 aliphatic heterocycles. The molecule has 2 N–H and O–H groups in total. The van der Waals surface area contributed by atoms with Crippen LogP contribution < -0.4 is 4.90 Å². The van der Waals surface area contributed by atoms with Gasteiger partial charge in [-0.3, -0.25) is 9.59 Å². The van der Waals surface area contributed by atoms with Gasteiger partial charge in [0.25, 0.3) is 5.91 Å². The van der Waals surface area contributed by atoms with Crippen LogP contribution in [0.5, 0.6) is 0 Å². The molecule has 0 atom stereocenters. The lowest BCUT2D eigenvalue weighted by molar-refractivity contribution is -0.136. The molecular formula is C21H20N2O6. The molecule has 1 aliphatic rings. The smallest absolute Gasteiger partial charge is 0.303 e. The lowest BCUT2D eigenvalue weighted by atomic mass is 10.0. The molecule has 1 heterocycles. The summed E-state index contributed by atoms with van der Waals surface area (Å²) in [4.78, 5) is 25.2. The first-order valence-corrected chi connectivity index (χ1v) is 8.92. The molecule has 3 rings (SSSR count). The number of rotatable bonds is 8. The maximum atomic E-state index is 12.9. The minimum absolute atomic E-state index is 0.000903. The summed E-state index contributed by atoms with van der Waals surface area (Å²) >= 11 is 0. The molecule has 0 unspecified atom stereocenters. The van der Waals surface area contributed by atoms with Gasteiger partial charge >= 0.3 is 5.97 Å². The van der Waals surface area contributed by atoms with Crippen LogP contribution in [-0.4, -0.2) is 34.7 Å². The van der Waals surface area contributed by atoms with E-state index >= 15 is 0 Å². The van der Waals surface area contributed by atoms with Crippen molar-refractivity contribution in [1.82, 2.24) is 0 Å². The van der Waals surface area contributed by atoms with E-state index < -0.39 is 5.97 Å². The Morgan fingerprint density at radius 3 is 2.34 bits per heavy atom. The van der Waals surface area contributed by atoms with Gasteiger partial charge in [-0.1, -0.05) is 47.6 Å². The van der Waals surface area contributed by atoms with Crippen LogP contribution >= 0.6 is 0 Å². The molecule has 0 bridgehead atoms. The second-order valence-electron chi connectivity index (χ2n) is 6.28. The number of aliphatic carboxylic acids is 1. The second-order valence-corrected chi connectivity index (χ2v) is 6.28. The molecule has 2 aromatic rings. The highest BCUT2D eigenvalue weighted by Crippen LogP contribution is 2.23. The fourth-order valence-corrected chi connectivity index (χ4v) is 2.84. The van der Waals surface area contributed by atoms with E-state index in [1.807, 2.05) is 30.3 Å². The molecule has 150 valence electrons. The van der Waals surface area contributed by atoms with Crippen molar-refractivity contribution in [2.75, 3.05) is 11.7 Å². The number of carboxylic acids is 1. The first-order chi connectivity index (χ1) is 14.1. The summed E-state index contributed by atoms with van der Waals surface area (Å²) in [6.07, 6.45) is 1.23. The first-order valence-electron chi connectivity index (χ1n) is 8.92. The molecule has 0 spiro atoms. The number of amides is 1. The molecule has 0 aromatic heterocycles. The maximum absolute atomic E-state index is 12.9. The van der Waals surface area contributed by atoms with Crippen LogP contribution in [-0.2, 0) is 25.6 Å². The number of anilines is 1. The number of hydrogen-bond donors (Lipinski definition) is 2. The molecule has 1 amide bonds. The minimum atomic E-state index is -0.977. The Morgan fingerprint density at radius 2 is 1.76 bits per heavy atom. The Bertz CT molecular complexity index is 922. The van der Waals surface area contributed by atoms with Gasteiger partial charge in [-0.2, -0.15) is 0 Å². The molecular weight excluding hydrogens is 376 g/mol. The molecule has 0 aliphatic carbocycles. The van der Waals surface area contributed by atoms with Crippen molar-refractivity contribution in [3.05, 3.63) is 77.7 Å². The van der Waals surface area contributed by atoms with E-state index in [-0.39, 0.29) is 37.0 Å². The molecule has 29 heavy (non-hydrogen) atoms. The van der Waals surface area contributed by atoms with Crippen LogP contribution in [0.25, 0.3) is 0 Å². The van der Waals surface area contributed by atoms with E-state index in [1.165, 1.54) is 6.26 Å². The molecule has 8 nitrogen and oxygen atoms in total. The number of carboxylic acid groups (broad SMARTS) is 1. The number of hydrogen-bond acceptors (Lipinski definition) is 6. The van der Waals surface area contributed by atoms with Gasteiger partial charge in [-0.25, -0.2) is 0 Å². The van der Waals surface area contributed by atoms with E-state index in [2.05, 4.69) is 5.16 Å². The van der Waals surface area contributed by atoms with Crippen LogP contribution in [0.3, 0.4) is 0 Å². The predicted octanol–water partition coefficient (Wildman–Crippen LogP) is 3.11. The van der Waals surface area contributed by atoms with Crippen molar-refractivity contribution in [2.45, 2.75) is 19.4 Å². The van der Waals surface area contributed by atoms with Crippen LogP contribution in [0.15, 0.2) is 71.8 Å². The molecule has 2 aromatic carbocycles. The van der Waals surface area contributed by atoms with Crippen molar-refractivity contribution < 1.29 is 29.4 Å². The average molecular weight is 396 g/mol. The zero-order valence-corrected chi connectivity index (χ0v) is 15.5. The van der Waals surface area contributed by atoms with Crippen LogP contribution in [0.2, 0.25) is 0 Å². The van der Waals surface area contributed by atoms with Gasteiger partial charge in [0.05, 0.1) is 18.7 Å². The highest BCUT2D eigenvalue weighted by molar-refractivity contribution is 6.05. The first kappa shape index (κ1) is 19.9. The van der Waals surface area contributed by atoms with E-state index in [4.69, 9.17) is 14.6 Å². The number of nitrogens with zero attached hydrogens (tertiary/aromatic N) is 2. The van der Waals surface area contributed by atoms with E-state index in [9.17, 15) is 14.8 Å². The van der Waals surface area contributed by atoms with Gasteiger partial charge in [0.1, 0.15) is 6.26 Å². The third kappa shape index (κ3) is 5.13. The molecule has 0 fully saturated rings. The fourth-order valence-electron chi connectivity index (χ4n) is 2.84. The molecule has 8 heteroatoms. The van der Waals surface area contributed by atoms with Crippen molar-refractivity contribution in [3.8, 4) is 0 Å². The summed E-state index contributed by atoms with van der Waals surface area (Å²) in [6, 6.07) is 16.3. The third-order valence-electron chi connectivity index (χ3n) is 4.32. The second kappa shape index (κ2) is 9.41. The predicted molar refractivity (Wildman–Crippen MR) is 104 cm³/mol. The Balaban J connectivity index is 1.85. The Hall–Kier alpha value is -3.81. The highest BCUT2D eigenvalue weighted by atomic mass is 16.7. The lowest BCUT2D eigenvalue weighted by Gasteiger charge is -2.23. The number of benzene rings is 2. The topological polar surface area (TPSA) is 109 Å². The monoisotopic (exact) mass is 396 g/mol. The van der Waals surface area contributed by atoms with Crippen LogP contribution in [0.4, 0.5) is 5.69 Å². The molecule has 0 saturated heterocycles.